The molecule has 1 unspecified atom stereocenters. The minimum absolute atomic E-state index is 0.0368. The smallest absolute Gasteiger partial charge is 0.216 e. The lowest BCUT2D eigenvalue weighted by molar-refractivity contribution is 0.415. The third-order valence-electron chi connectivity index (χ3n) is 2.56. The lowest BCUT2D eigenvalue weighted by Crippen LogP contribution is -2.07. The molecule has 0 fully saturated rings. The zero-order valence-electron chi connectivity index (χ0n) is 10.7. The Morgan fingerprint density at radius 1 is 1.39 bits per heavy atom. The van der Waals surface area contributed by atoms with Gasteiger partial charge in [-0.15, -0.1) is 0 Å². The van der Waals surface area contributed by atoms with Gasteiger partial charge in [0, 0.05) is 23.5 Å². The molecule has 1 aromatic heterocycles. The summed E-state index contributed by atoms with van der Waals surface area (Å²) in [6.07, 6.45) is 1.70. The molecule has 2 rings (SSSR count). The largest absolute Gasteiger partial charge is 0.497 e. The lowest BCUT2D eigenvalue weighted by Gasteiger charge is -2.13. The quantitative estimate of drug-likeness (QED) is 0.813. The molecule has 0 aliphatic heterocycles. The Morgan fingerprint density at radius 2 is 2.17 bits per heavy atom. The van der Waals surface area contributed by atoms with Crippen LogP contribution in [0.4, 0.5) is 11.4 Å². The second-order valence-corrected chi connectivity index (χ2v) is 4.17. The summed E-state index contributed by atoms with van der Waals surface area (Å²) in [5.74, 6) is 2.16. The molecule has 2 aromatic rings. The van der Waals surface area contributed by atoms with Gasteiger partial charge in [0.2, 0.25) is 5.89 Å². The van der Waals surface area contributed by atoms with Crippen LogP contribution >= 0.6 is 0 Å². The zero-order chi connectivity index (χ0) is 13.1. The normalized spacial score (nSPS) is 12.2. The zero-order valence-corrected chi connectivity index (χ0v) is 10.7. The van der Waals surface area contributed by atoms with Crippen LogP contribution in [0.3, 0.4) is 0 Å². The molecule has 0 spiro atoms. The van der Waals surface area contributed by atoms with Gasteiger partial charge in [0.25, 0.3) is 0 Å². The van der Waals surface area contributed by atoms with E-state index in [0.29, 0.717) is 17.3 Å². The molecule has 0 aliphatic rings. The highest BCUT2D eigenvalue weighted by atomic mass is 16.5. The number of ether oxygens (including phenoxy) is 1. The highest BCUT2D eigenvalue weighted by Crippen LogP contribution is 2.25. The highest BCUT2D eigenvalue weighted by molar-refractivity contribution is 5.59. The van der Waals surface area contributed by atoms with Crippen LogP contribution in [0.1, 0.15) is 24.6 Å². The van der Waals surface area contributed by atoms with E-state index in [0.717, 1.165) is 11.4 Å². The van der Waals surface area contributed by atoms with E-state index in [9.17, 15) is 0 Å². The number of oxazole rings is 1. The van der Waals surface area contributed by atoms with Gasteiger partial charge in [0.1, 0.15) is 17.6 Å². The Balaban J connectivity index is 2.16. The highest BCUT2D eigenvalue weighted by Gasteiger charge is 2.11. The van der Waals surface area contributed by atoms with E-state index in [1.807, 2.05) is 26.0 Å². The average Bonchev–Trinajstić information content (AvgIpc) is 2.75. The molecule has 0 radical (unpaired) electrons. The van der Waals surface area contributed by atoms with E-state index in [2.05, 4.69) is 10.3 Å². The number of benzene rings is 1. The number of rotatable bonds is 4. The molecule has 96 valence electrons. The van der Waals surface area contributed by atoms with Crippen molar-refractivity contribution in [2.45, 2.75) is 19.9 Å². The molecule has 0 aliphatic carbocycles. The molecule has 3 N–H and O–H groups in total. The van der Waals surface area contributed by atoms with Gasteiger partial charge in [-0.05, 0) is 19.9 Å². The van der Waals surface area contributed by atoms with Crippen molar-refractivity contribution in [1.82, 2.24) is 4.98 Å². The van der Waals surface area contributed by atoms with Gasteiger partial charge in [0.05, 0.1) is 13.3 Å². The first-order chi connectivity index (χ1) is 8.58. The summed E-state index contributed by atoms with van der Waals surface area (Å²) in [5.41, 5.74) is 7.31. The fourth-order valence-electron chi connectivity index (χ4n) is 1.71. The van der Waals surface area contributed by atoms with Gasteiger partial charge in [-0.2, -0.15) is 0 Å². The Bertz CT molecular complexity index is 537. The predicted octanol–water partition coefficient (Wildman–Crippen LogP) is 2.75. The number of anilines is 2. The number of nitrogens with one attached hydrogen (secondary N) is 1. The summed E-state index contributed by atoms with van der Waals surface area (Å²) >= 11 is 0. The Morgan fingerprint density at radius 3 is 2.78 bits per heavy atom. The molecule has 5 nitrogen and oxygen atoms in total. The number of nitrogens with two attached hydrogens (primary N) is 1. The molecule has 1 heterocycles. The number of nitrogens with zero attached hydrogens (tertiary/aromatic N) is 1. The van der Waals surface area contributed by atoms with Crippen LogP contribution in [0.25, 0.3) is 0 Å². The number of aryl methyl sites for hydroxylation is 1. The number of hydrogen-bond donors (Lipinski definition) is 2. The van der Waals surface area contributed by atoms with E-state index >= 15 is 0 Å². The predicted molar refractivity (Wildman–Crippen MR) is 70.7 cm³/mol. The summed E-state index contributed by atoms with van der Waals surface area (Å²) in [6.45, 7) is 3.84. The van der Waals surface area contributed by atoms with Crippen LogP contribution in [0.15, 0.2) is 28.8 Å². The molecule has 1 atom stereocenters. The van der Waals surface area contributed by atoms with Crippen LogP contribution in [0, 0.1) is 6.92 Å². The summed E-state index contributed by atoms with van der Waals surface area (Å²) < 4.78 is 10.6. The monoisotopic (exact) mass is 247 g/mol. The van der Waals surface area contributed by atoms with E-state index < -0.39 is 0 Å². The van der Waals surface area contributed by atoms with Crippen molar-refractivity contribution < 1.29 is 9.15 Å². The second-order valence-electron chi connectivity index (χ2n) is 4.17. The van der Waals surface area contributed by atoms with Crippen LogP contribution in [-0.2, 0) is 0 Å². The third-order valence-corrected chi connectivity index (χ3v) is 2.56. The van der Waals surface area contributed by atoms with Crippen molar-refractivity contribution in [1.29, 1.82) is 0 Å². The Labute approximate surface area is 106 Å². The molecule has 1 aromatic carbocycles. The van der Waals surface area contributed by atoms with Crippen molar-refractivity contribution in [2.24, 2.45) is 0 Å². The molecule has 18 heavy (non-hydrogen) atoms. The minimum Gasteiger partial charge on any atom is -0.497 e. The molecule has 0 amide bonds. The van der Waals surface area contributed by atoms with Crippen LogP contribution < -0.4 is 15.8 Å². The number of aromatic nitrogens is 1. The standard InChI is InChI=1S/C13H17N3O2/c1-8-7-15-13(18-8)9(2)16-11-4-10(14)5-12(6-11)17-3/h4-7,9,16H,14H2,1-3H3. The first-order valence-electron chi connectivity index (χ1n) is 5.72. The van der Waals surface area contributed by atoms with E-state index in [1.165, 1.54) is 0 Å². The van der Waals surface area contributed by atoms with Crippen molar-refractivity contribution in [3.05, 3.63) is 36.0 Å². The van der Waals surface area contributed by atoms with Gasteiger partial charge in [0.15, 0.2) is 0 Å². The summed E-state index contributed by atoms with van der Waals surface area (Å²) in [6, 6.07) is 5.45. The summed E-state index contributed by atoms with van der Waals surface area (Å²) in [4.78, 5) is 4.19. The van der Waals surface area contributed by atoms with Crippen LogP contribution in [-0.4, -0.2) is 12.1 Å². The van der Waals surface area contributed by atoms with Gasteiger partial charge in [-0.25, -0.2) is 4.98 Å². The van der Waals surface area contributed by atoms with Gasteiger partial charge in [-0.1, -0.05) is 0 Å². The van der Waals surface area contributed by atoms with E-state index in [-0.39, 0.29) is 6.04 Å². The Kier molecular flexibility index (Phi) is 3.41. The van der Waals surface area contributed by atoms with Crippen molar-refractivity contribution >= 4 is 11.4 Å². The maximum Gasteiger partial charge on any atom is 0.216 e. The first kappa shape index (κ1) is 12.3. The Hall–Kier alpha value is -2.17. The van der Waals surface area contributed by atoms with Gasteiger partial charge < -0.3 is 20.2 Å². The molecular formula is C13H17N3O2. The lowest BCUT2D eigenvalue weighted by atomic mass is 10.2. The number of hydrogen-bond acceptors (Lipinski definition) is 5. The first-order valence-corrected chi connectivity index (χ1v) is 5.72. The summed E-state index contributed by atoms with van der Waals surface area (Å²) in [7, 11) is 1.61. The maximum absolute atomic E-state index is 5.79. The second kappa shape index (κ2) is 5.00. The van der Waals surface area contributed by atoms with E-state index in [4.69, 9.17) is 14.9 Å². The van der Waals surface area contributed by atoms with Gasteiger partial charge >= 0.3 is 0 Å². The summed E-state index contributed by atoms with van der Waals surface area (Å²) in [5, 5.41) is 3.27. The van der Waals surface area contributed by atoms with E-state index in [1.54, 1.807) is 19.4 Å². The third kappa shape index (κ3) is 2.74. The molecular weight excluding hydrogens is 230 g/mol. The molecule has 0 saturated carbocycles. The van der Waals surface area contributed by atoms with Crippen molar-refractivity contribution in [3.8, 4) is 5.75 Å². The molecule has 0 saturated heterocycles. The number of nitrogen functional groups attached to an aromatic ring is 1. The molecule has 5 heteroatoms. The van der Waals surface area contributed by atoms with Gasteiger partial charge in [-0.3, -0.25) is 0 Å². The van der Waals surface area contributed by atoms with Crippen LogP contribution in [0.5, 0.6) is 5.75 Å². The fraction of sp³-hybridized carbons (Fsp3) is 0.308. The SMILES string of the molecule is COc1cc(N)cc(NC(C)c2ncc(C)o2)c1. The minimum atomic E-state index is -0.0368. The maximum atomic E-state index is 5.79. The van der Waals surface area contributed by atoms with Crippen molar-refractivity contribution in [3.63, 3.8) is 0 Å². The fourth-order valence-corrected chi connectivity index (χ4v) is 1.71. The topological polar surface area (TPSA) is 73.3 Å². The average molecular weight is 247 g/mol. The number of methoxy groups -OCH3 is 1. The van der Waals surface area contributed by atoms with Crippen molar-refractivity contribution in [2.75, 3.05) is 18.2 Å². The molecule has 0 bridgehead atoms. The van der Waals surface area contributed by atoms with Crippen LogP contribution in [0.2, 0.25) is 0 Å².